The van der Waals surface area contributed by atoms with Gasteiger partial charge in [0.2, 0.25) is 10.0 Å². The summed E-state index contributed by atoms with van der Waals surface area (Å²) in [4.78, 5) is 4.62. The van der Waals surface area contributed by atoms with Crippen LogP contribution in [0.1, 0.15) is 45.4 Å². The molecule has 1 saturated carbocycles. The van der Waals surface area contributed by atoms with Gasteiger partial charge >= 0.3 is 0 Å². The van der Waals surface area contributed by atoms with Gasteiger partial charge in [-0.25, -0.2) is 8.42 Å². The zero-order valence-electron chi connectivity index (χ0n) is 14.8. The van der Waals surface area contributed by atoms with Crippen molar-refractivity contribution in [3.63, 3.8) is 0 Å². The Hall–Kier alpha value is -1.77. The van der Waals surface area contributed by atoms with E-state index < -0.39 is 15.6 Å². The minimum Gasteiger partial charge on any atom is -0.334 e. The lowest BCUT2D eigenvalue weighted by Crippen LogP contribution is -2.34. The van der Waals surface area contributed by atoms with E-state index in [1.807, 2.05) is 13.8 Å². The highest BCUT2D eigenvalue weighted by atomic mass is 32.2. The average Bonchev–Trinajstić information content (AvgIpc) is 3.24. The summed E-state index contributed by atoms with van der Waals surface area (Å²) in [5, 5.41) is 4.03. The molecular formula is C17H24N4O3S. The van der Waals surface area contributed by atoms with Crippen LogP contribution in [-0.4, -0.2) is 36.0 Å². The van der Waals surface area contributed by atoms with Crippen LogP contribution < -0.4 is 5.73 Å². The third-order valence-corrected chi connectivity index (χ3v) is 6.88. The first kappa shape index (κ1) is 18.0. The molecule has 7 nitrogen and oxygen atoms in total. The third kappa shape index (κ3) is 3.33. The van der Waals surface area contributed by atoms with Crippen molar-refractivity contribution in [1.82, 2.24) is 14.4 Å². The SMILES string of the molecule is CC(C)N(C)S(=O)(=O)c1cccc(-c2nc(C3(N)CCCC3)no2)c1. The quantitative estimate of drug-likeness (QED) is 0.874. The van der Waals surface area contributed by atoms with Crippen molar-refractivity contribution < 1.29 is 12.9 Å². The first-order chi connectivity index (χ1) is 11.7. The molecule has 1 aliphatic carbocycles. The predicted octanol–water partition coefficient (Wildman–Crippen LogP) is 2.49. The fourth-order valence-electron chi connectivity index (χ4n) is 3.01. The van der Waals surface area contributed by atoms with Gasteiger partial charge in [-0.15, -0.1) is 0 Å². The fourth-order valence-corrected chi connectivity index (χ4v) is 4.42. The molecule has 8 heteroatoms. The molecule has 1 heterocycles. The van der Waals surface area contributed by atoms with Crippen molar-refractivity contribution in [1.29, 1.82) is 0 Å². The van der Waals surface area contributed by atoms with Gasteiger partial charge in [-0.05, 0) is 44.9 Å². The standard InChI is InChI=1S/C17H24N4O3S/c1-12(2)21(3)25(22,23)14-8-6-7-13(11-14)15-19-16(20-24-15)17(18)9-4-5-10-17/h6-8,11-12H,4-5,9-10,18H2,1-3H3. The molecule has 0 spiro atoms. The van der Waals surface area contributed by atoms with Crippen LogP contribution in [0.3, 0.4) is 0 Å². The number of nitrogens with zero attached hydrogens (tertiary/aromatic N) is 3. The Morgan fingerprint density at radius 1 is 1.28 bits per heavy atom. The molecule has 1 aromatic carbocycles. The van der Waals surface area contributed by atoms with E-state index in [1.54, 1.807) is 31.3 Å². The van der Waals surface area contributed by atoms with E-state index >= 15 is 0 Å². The van der Waals surface area contributed by atoms with E-state index in [1.165, 1.54) is 4.31 Å². The molecular weight excluding hydrogens is 340 g/mol. The van der Waals surface area contributed by atoms with Gasteiger partial charge in [-0.2, -0.15) is 9.29 Å². The highest BCUT2D eigenvalue weighted by Gasteiger charge is 2.36. The second-order valence-corrected chi connectivity index (χ2v) is 8.93. The predicted molar refractivity (Wildman–Crippen MR) is 94.2 cm³/mol. The van der Waals surface area contributed by atoms with Crippen LogP contribution in [0.25, 0.3) is 11.5 Å². The Kier molecular flexibility index (Phi) is 4.70. The molecule has 0 atom stereocenters. The van der Waals surface area contributed by atoms with Gasteiger partial charge in [0.15, 0.2) is 5.82 Å². The summed E-state index contributed by atoms with van der Waals surface area (Å²) in [7, 11) is -2.01. The second-order valence-electron chi connectivity index (χ2n) is 6.93. The Morgan fingerprint density at radius 3 is 2.60 bits per heavy atom. The van der Waals surface area contributed by atoms with E-state index in [2.05, 4.69) is 10.1 Å². The molecule has 3 rings (SSSR count). The molecule has 1 aromatic heterocycles. The van der Waals surface area contributed by atoms with Crippen LogP contribution in [-0.2, 0) is 15.6 Å². The van der Waals surface area contributed by atoms with Gasteiger partial charge in [-0.3, -0.25) is 0 Å². The molecule has 25 heavy (non-hydrogen) atoms. The first-order valence-electron chi connectivity index (χ1n) is 8.45. The molecule has 0 radical (unpaired) electrons. The molecule has 136 valence electrons. The highest BCUT2D eigenvalue weighted by Crippen LogP contribution is 2.35. The van der Waals surface area contributed by atoms with E-state index in [0.29, 0.717) is 11.4 Å². The number of hydrogen-bond acceptors (Lipinski definition) is 6. The molecule has 0 saturated heterocycles. The Bertz CT molecular complexity index is 854. The normalized spacial score (nSPS) is 17.5. The molecule has 1 aliphatic rings. The van der Waals surface area contributed by atoms with Gasteiger partial charge in [0.1, 0.15) is 0 Å². The number of aromatic nitrogens is 2. The molecule has 1 fully saturated rings. The lowest BCUT2D eigenvalue weighted by molar-refractivity contribution is 0.372. The fraction of sp³-hybridized carbons (Fsp3) is 0.529. The summed E-state index contributed by atoms with van der Waals surface area (Å²) < 4.78 is 32.0. The molecule has 2 N–H and O–H groups in total. The number of benzene rings is 1. The molecule has 0 aliphatic heterocycles. The van der Waals surface area contributed by atoms with Crippen LogP contribution in [0.2, 0.25) is 0 Å². The van der Waals surface area contributed by atoms with Crippen LogP contribution in [0.5, 0.6) is 0 Å². The van der Waals surface area contributed by atoms with Crippen LogP contribution in [0, 0.1) is 0 Å². The largest absolute Gasteiger partial charge is 0.334 e. The van der Waals surface area contributed by atoms with E-state index in [0.717, 1.165) is 25.7 Å². The van der Waals surface area contributed by atoms with Crippen LogP contribution in [0.15, 0.2) is 33.7 Å². The lowest BCUT2D eigenvalue weighted by atomic mass is 9.99. The lowest BCUT2D eigenvalue weighted by Gasteiger charge is -2.21. The Morgan fingerprint density at radius 2 is 1.96 bits per heavy atom. The van der Waals surface area contributed by atoms with Gasteiger partial charge in [-0.1, -0.05) is 24.1 Å². The van der Waals surface area contributed by atoms with E-state index in [4.69, 9.17) is 10.3 Å². The number of nitrogens with two attached hydrogens (primary N) is 1. The summed E-state index contributed by atoms with van der Waals surface area (Å²) in [5.41, 5.74) is 6.39. The number of sulfonamides is 1. The van der Waals surface area contributed by atoms with E-state index in [9.17, 15) is 8.42 Å². The minimum atomic E-state index is -3.57. The van der Waals surface area contributed by atoms with Crippen molar-refractivity contribution in [2.75, 3.05) is 7.05 Å². The minimum absolute atomic E-state index is 0.136. The van der Waals surface area contributed by atoms with Crippen molar-refractivity contribution in [2.24, 2.45) is 5.73 Å². The maximum absolute atomic E-state index is 12.7. The maximum atomic E-state index is 12.7. The topological polar surface area (TPSA) is 102 Å². The third-order valence-electron chi connectivity index (χ3n) is 4.85. The summed E-state index contributed by atoms with van der Waals surface area (Å²) in [5.74, 6) is 0.781. The first-order valence-corrected chi connectivity index (χ1v) is 9.89. The summed E-state index contributed by atoms with van der Waals surface area (Å²) in [6, 6.07) is 6.42. The molecule has 0 amide bonds. The number of hydrogen-bond donors (Lipinski definition) is 1. The smallest absolute Gasteiger partial charge is 0.258 e. The summed E-state index contributed by atoms with van der Waals surface area (Å²) in [6.45, 7) is 3.65. The van der Waals surface area contributed by atoms with Gasteiger partial charge < -0.3 is 10.3 Å². The highest BCUT2D eigenvalue weighted by molar-refractivity contribution is 7.89. The van der Waals surface area contributed by atoms with Crippen LogP contribution >= 0.6 is 0 Å². The Balaban J connectivity index is 1.94. The molecule has 2 aromatic rings. The van der Waals surface area contributed by atoms with E-state index in [-0.39, 0.29) is 16.8 Å². The van der Waals surface area contributed by atoms with Crippen molar-refractivity contribution in [3.8, 4) is 11.5 Å². The molecule has 0 bridgehead atoms. The maximum Gasteiger partial charge on any atom is 0.258 e. The van der Waals surface area contributed by atoms with Crippen LogP contribution in [0.4, 0.5) is 0 Å². The summed E-state index contributed by atoms with van der Waals surface area (Å²) in [6.07, 6.45) is 3.77. The second kappa shape index (κ2) is 6.51. The zero-order chi connectivity index (χ0) is 18.2. The van der Waals surface area contributed by atoms with Crippen molar-refractivity contribution >= 4 is 10.0 Å². The zero-order valence-corrected chi connectivity index (χ0v) is 15.6. The summed E-state index contributed by atoms with van der Waals surface area (Å²) >= 11 is 0. The van der Waals surface area contributed by atoms with Gasteiger partial charge in [0, 0.05) is 18.7 Å². The Labute approximate surface area is 148 Å². The van der Waals surface area contributed by atoms with Gasteiger partial charge in [0.05, 0.1) is 10.4 Å². The van der Waals surface area contributed by atoms with Gasteiger partial charge in [0.25, 0.3) is 5.89 Å². The van der Waals surface area contributed by atoms with Crippen molar-refractivity contribution in [3.05, 3.63) is 30.1 Å². The van der Waals surface area contributed by atoms with Crippen molar-refractivity contribution in [2.45, 2.75) is 56.0 Å². The molecule has 0 unspecified atom stereocenters. The average molecular weight is 364 g/mol. The monoisotopic (exact) mass is 364 g/mol. The number of rotatable bonds is 5.